The minimum Gasteiger partial charge on any atom is -0.507 e. The predicted molar refractivity (Wildman–Crippen MR) is 76.9 cm³/mol. The quantitative estimate of drug-likeness (QED) is 0.555. The second-order valence-electron chi connectivity index (χ2n) is 4.75. The number of hydrogen-bond donors (Lipinski definition) is 4. The molecule has 5 N–H and O–H groups in total. The van der Waals surface area contributed by atoms with Gasteiger partial charge in [0.15, 0.2) is 0 Å². The van der Waals surface area contributed by atoms with E-state index in [-0.39, 0.29) is 22.6 Å². The molecule has 9 heteroatoms. The third-order valence-electron chi connectivity index (χ3n) is 3.43. The predicted octanol–water partition coefficient (Wildman–Crippen LogP) is -0.293. The molecule has 1 aromatic carbocycles. The van der Waals surface area contributed by atoms with Gasteiger partial charge in [0.1, 0.15) is 17.1 Å². The summed E-state index contributed by atoms with van der Waals surface area (Å²) in [5, 5.41) is 21.0. The van der Waals surface area contributed by atoms with Crippen LogP contribution in [0.5, 0.6) is 5.75 Å². The number of nitrogens with two attached hydrogens (primary N) is 1. The number of carboxylic acid groups (broad SMARTS) is 1. The number of nitrogens with one attached hydrogen (secondary N) is 1. The molecule has 0 aliphatic carbocycles. The van der Waals surface area contributed by atoms with Crippen molar-refractivity contribution in [1.82, 2.24) is 9.88 Å². The average molecular weight is 315 g/mol. The van der Waals surface area contributed by atoms with Gasteiger partial charge in [-0.15, -0.1) is 0 Å². The zero-order valence-corrected chi connectivity index (χ0v) is 11.4. The molecular formula is C14H9N3O6. The number of carbonyl (C=O) groups excluding carboxylic acids is 2. The summed E-state index contributed by atoms with van der Waals surface area (Å²) in [5.74, 6) is -3.97. The number of amides is 2. The van der Waals surface area contributed by atoms with Crippen LogP contribution in [0.1, 0.15) is 31.1 Å². The summed E-state index contributed by atoms with van der Waals surface area (Å²) in [6.07, 6.45) is 0. The summed E-state index contributed by atoms with van der Waals surface area (Å²) in [6.45, 7) is 0. The molecule has 0 spiro atoms. The van der Waals surface area contributed by atoms with E-state index in [2.05, 4.69) is 0 Å². The standard InChI is InChI=1S/C14H9N3O6/c15-11-9-5(12(20)16-13(9)21)4-8(19)17(11)6-2-1-3-7(18)10(6)14(22)23/h1-4,18H,15H2,(H,22,23)(H,16,20,21). The number of carbonyl (C=O) groups is 3. The molecule has 1 aliphatic heterocycles. The third kappa shape index (κ3) is 1.94. The molecule has 2 aromatic rings. The zero-order valence-electron chi connectivity index (χ0n) is 11.4. The number of anilines is 1. The first kappa shape index (κ1) is 14.3. The molecule has 0 fully saturated rings. The minimum atomic E-state index is -1.48. The van der Waals surface area contributed by atoms with Gasteiger partial charge in [0.25, 0.3) is 17.4 Å². The maximum absolute atomic E-state index is 12.3. The van der Waals surface area contributed by atoms with Crippen molar-refractivity contribution in [2.45, 2.75) is 0 Å². The maximum atomic E-state index is 12.3. The van der Waals surface area contributed by atoms with Crippen LogP contribution < -0.4 is 16.6 Å². The van der Waals surface area contributed by atoms with Crippen molar-refractivity contribution in [3.63, 3.8) is 0 Å². The second kappa shape index (κ2) is 4.70. The number of benzene rings is 1. The molecule has 0 saturated carbocycles. The van der Waals surface area contributed by atoms with Crippen molar-refractivity contribution in [2.75, 3.05) is 5.73 Å². The van der Waals surface area contributed by atoms with Crippen molar-refractivity contribution >= 4 is 23.6 Å². The Morgan fingerprint density at radius 2 is 1.87 bits per heavy atom. The van der Waals surface area contributed by atoms with Crippen LogP contribution in [0.25, 0.3) is 5.69 Å². The largest absolute Gasteiger partial charge is 0.507 e. The number of nitrogens with zero attached hydrogens (tertiary/aromatic N) is 1. The number of nitrogen functional groups attached to an aromatic ring is 1. The van der Waals surface area contributed by atoms with Gasteiger partial charge in [-0.3, -0.25) is 24.3 Å². The summed E-state index contributed by atoms with van der Waals surface area (Å²) in [7, 11) is 0. The van der Waals surface area contributed by atoms with E-state index in [0.29, 0.717) is 0 Å². The number of imide groups is 1. The van der Waals surface area contributed by atoms with Crippen molar-refractivity contribution in [1.29, 1.82) is 0 Å². The summed E-state index contributed by atoms with van der Waals surface area (Å²) in [4.78, 5) is 47.0. The van der Waals surface area contributed by atoms with E-state index in [9.17, 15) is 29.4 Å². The van der Waals surface area contributed by atoms with Gasteiger partial charge in [-0.2, -0.15) is 0 Å². The molecule has 1 aliphatic rings. The Morgan fingerprint density at radius 1 is 1.17 bits per heavy atom. The number of rotatable bonds is 2. The molecule has 0 bridgehead atoms. The number of aromatic hydroxyl groups is 1. The van der Waals surface area contributed by atoms with Gasteiger partial charge in [0.05, 0.1) is 16.8 Å². The minimum absolute atomic E-state index is 0.175. The van der Waals surface area contributed by atoms with Gasteiger partial charge in [-0.25, -0.2) is 4.79 Å². The van der Waals surface area contributed by atoms with Crippen LogP contribution in [-0.4, -0.2) is 32.6 Å². The van der Waals surface area contributed by atoms with E-state index in [4.69, 9.17) is 5.73 Å². The van der Waals surface area contributed by atoms with E-state index >= 15 is 0 Å². The Bertz CT molecular complexity index is 960. The van der Waals surface area contributed by atoms with Gasteiger partial charge in [0, 0.05) is 6.07 Å². The fourth-order valence-corrected chi connectivity index (χ4v) is 2.46. The van der Waals surface area contributed by atoms with E-state index in [1.165, 1.54) is 12.1 Å². The van der Waals surface area contributed by atoms with E-state index in [0.717, 1.165) is 16.7 Å². The number of aromatic nitrogens is 1. The highest BCUT2D eigenvalue weighted by Crippen LogP contribution is 2.28. The van der Waals surface area contributed by atoms with Gasteiger partial charge >= 0.3 is 5.97 Å². The van der Waals surface area contributed by atoms with E-state index < -0.39 is 34.7 Å². The molecule has 116 valence electrons. The van der Waals surface area contributed by atoms with Crippen molar-refractivity contribution in [3.8, 4) is 11.4 Å². The molecule has 9 nitrogen and oxygen atoms in total. The lowest BCUT2D eigenvalue weighted by molar-refractivity contribution is 0.0693. The molecular weight excluding hydrogens is 306 g/mol. The lowest BCUT2D eigenvalue weighted by Gasteiger charge is -2.14. The summed E-state index contributed by atoms with van der Waals surface area (Å²) in [6, 6.07) is 4.60. The molecule has 1 aromatic heterocycles. The van der Waals surface area contributed by atoms with Crippen LogP contribution in [-0.2, 0) is 0 Å². The van der Waals surface area contributed by atoms with Crippen LogP contribution in [0, 0.1) is 0 Å². The van der Waals surface area contributed by atoms with Gasteiger partial charge < -0.3 is 15.9 Å². The Balaban J connectivity index is 2.41. The first-order valence-electron chi connectivity index (χ1n) is 6.29. The number of aromatic carboxylic acids is 1. The van der Waals surface area contributed by atoms with Gasteiger partial charge in [0.2, 0.25) is 0 Å². The van der Waals surface area contributed by atoms with Crippen molar-refractivity contribution < 1.29 is 24.6 Å². The van der Waals surface area contributed by atoms with Gasteiger partial charge in [-0.05, 0) is 12.1 Å². The fourth-order valence-electron chi connectivity index (χ4n) is 2.46. The number of hydrogen-bond acceptors (Lipinski definition) is 6. The highest BCUT2D eigenvalue weighted by atomic mass is 16.4. The molecule has 2 amide bonds. The van der Waals surface area contributed by atoms with Crippen LogP contribution in [0.15, 0.2) is 29.1 Å². The number of phenols is 1. The number of carboxylic acids is 1. The number of fused-ring (bicyclic) bond motifs is 1. The Kier molecular flexibility index (Phi) is 2.93. The third-order valence-corrected chi connectivity index (χ3v) is 3.43. The highest BCUT2D eigenvalue weighted by Gasteiger charge is 2.32. The van der Waals surface area contributed by atoms with Crippen LogP contribution in [0.2, 0.25) is 0 Å². The van der Waals surface area contributed by atoms with E-state index in [1.807, 2.05) is 5.32 Å². The Labute approximate surface area is 127 Å². The zero-order chi connectivity index (χ0) is 16.9. The first-order valence-corrected chi connectivity index (χ1v) is 6.29. The molecule has 2 heterocycles. The molecule has 0 radical (unpaired) electrons. The summed E-state index contributed by atoms with van der Waals surface area (Å²) in [5.41, 5.74) is 3.86. The smallest absolute Gasteiger partial charge is 0.341 e. The highest BCUT2D eigenvalue weighted by molar-refractivity contribution is 6.23. The topological polar surface area (TPSA) is 152 Å². The monoisotopic (exact) mass is 315 g/mol. The first-order chi connectivity index (χ1) is 10.8. The van der Waals surface area contributed by atoms with Crippen molar-refractivity contribution in [2.24, 2.45) is 0 Å². The van der Waals surface area contributed by atoms with Gasteiger partial charge in [-0.1, -0.05) is 6.07 Å². The normalized spacial score (nSPS) is 12.9. The second-order valence-corrected chi connectivity index (χ2v) is 4.75. The van der Waals surface area contributed by atoms with Crippen LogP contribution in [0.3, 0.4) is 0 Å². The lowest BCUT2D eigenvalue weighted by Crippen LogP contribution is -2.25. The van der Waals surface area contributed by atoms with E-state index in [1.54, 1.807) is 0 Å². The molecule has 0 atom stereocenters. The summed E-state index contributed by atoms with van der Waals surface area (Å²) >= 11 is 0. The molecule has 0 saturated heterocycles. The summed E-state index contributed by atoms with van der Waals surface area (Å²) < 4.78 is 0.764. The Hall–Kier alpha value is -3.62. The number of pyridine rings is 1. The Morgan fingerprint density at radius 3 is 2.52 bits per heavy atom. The van der Waals surface area contributed by atoms with Crippen LogP contribution in [0.4, 0.5) is 5.82 Å². The molecule has 0 unspecified atom stereocenters. The average Bonchev–Trinajstić information content (AvgIpc) is 2.73. The maximum Gasteiger partial charge on any atom is 0.341 e. The molecule has 23 heavy (non-hydrogen) atoms. The SMILES string of the molecule is Nc1c2c(cc(=O)n1-c1cccc(O)c1C(=O)O)C(=O)NC2=O. The van der Waals surface area contributed by atoms with Crippen LogP contribution >= 0.6 is 0 Å². The lowest BCUT2D eigenvalue weighted by atomic mass is 10.1. The van der Waals surface area contributed by atoms with Crippen molar-refractivity contribution in [3.05, 3.63) is 51.3 Å². The molecule has 3 rings (SSSR count). The fraction of sp³-hybridized carbons (Fsp3) is 0.